The number of ether oxygens (including phenoxy) is 1. The van der Waals surface area contributed by atoms with Crippen molar-refractivity contribution in [2.75, 3.05) is 20.3 Å². The standard InChI is InChI=1S/C17H20Cl2N2O2/c1-20-8-3-5-14(20)12-21(9-4-10-23-2)17(22)15-7-6-13(18)11-16(15)19/h3,5-8,11H,4,9-10,12H2,1-2H3. The Labute approximate surface area is 146 Å². The van der Waals surface area contributed by atoms with E-state index in [1.807, 2.05) is 29.9 Å². The fraction of sp³-hybridized carbons (Fsp3) is 0.353. The lowest BCUT2D eigenvalue weighted by Gasteiger charge is -2.23. The third kappa shape index (κ3) is 4.74. The predicted octanol–water partition coefficient (Wildman–Crippen LogP) is 4.01. The van der Waals surface area contributed by atoms with Crippen molar-refractivity contribution in [1.29, 1.82) is 0 Å². The summed E-state index contributed by atoms with van der Waals surface area (Å²) in [4.78, 5) is 14.6. The molecule has 0 fully saturated rings. The van der Waals surface area contributed by atoms with E-state index in [1.54, 1.807) is 30.2 Å². The first-order valence-corrected chi connectivity index (χ1v) is 8.12. The average molecular weight is 355 g/mol. The van der Waals surface area contributed by atoms with Gasteiger partial charge in [0.2, 0.25) is 0 Å². The SMILES string of the molecule is COCCCN(Cc1cccn1C)C(=O)c1ccc(Cl)cc1Cl. The highest BCUT2D eigenvalue weighted by Crippen LogP contribution is 2.23. The maximum absolute atomic E-state index is 12.9. The topological polar surface area (TPSA) is 34.5 Å². The lowest BCUT2D eigenvalue weighted by Crippen LogP contribution is -2.33. The third-order valence-electron chi connectivity index (χ3n) is 3.63. The normalized spacial score (nSPS) is 10.8. The molecule has 2 aromatic rings. The van der Waals surface area contributed by atoms with Crippen molar-refractivity contribution >= 4 is 29.1 Å². The molecule has 0 bridgehead atoms. The molecule has 0 atom stereocenters. The zero-order chi connectivity index (χ0) is 16.8. The minimum Gasteiger partial charge on any atom is -0.385 e. The Bertz CT molecular complexity index is 670. The Morgan fingerprint density at radius 3 is 2.70 bits per heavy atom. The highest BCUT2D eigenvalue weighted by atomic mass is 35.5. The van der Waals surface area contributed by atoms with E-state index < -0.39 is 0 Å². The number of carbonyl (C=O) groups excluding carboxylic acids is 1. The zero-order valence-electron chi connectivity index (χ0n) is 13.3. The first-order valence-electron chi connectivity index (χ1n) is 7.36. The largest absolute Gasteiger partial charge is 0.385 e. The fourth-order valence-corrected chi connectivity index (χ4v) is 2.83. The van der Waals surface area contributed by atoms with Crippen molar-refractivity contribution in [2.45, 2.75) is 13.0 Å². The van der Waals surface area contributed by atoms with Gasteiger partial charge in [0.15, 0.2) is 0 Å². The van der Waals surface area contributed by atoms with Crippen molar-refractivity contribution in [3.05, 3.63) is 57.8 Å². The van der Waals surface area contributed by atoms with Gasteiger partial charge >= 0.3 is 0 Å². The smallest absolute Gasteiger partial charge is 0.255 e. The number of hydrogen-bond acceptors (Lipinski definition) is 2. The second kappa shape index (κ2) is 8.39. The molecule has 4 nitrogen and oxygen atoms in total. The number of rotatable bonds is 7. The molecule has 124 valence electrons. The van der Waals surface area contributed by atoms with Crippen LogP contribution >= 0.6 is 23.2 Å². The quantitative estimate of drug-likeness (QED) is 0.704. The van der Waals surface area contributed by atoms with E-state index >= 15 is 0 Å². The Hall–Kier alpha value is -1.49. The molecule has 0 aliphatic heterocycles. The summed E-state index contributed by atoms with van der Waals surface area (Å²) < 4.78 is 7.09. The molecule has 0 spiro atoms. The van der Waals surface area contributed by atoms with Gasteiger partial charge < -0.3 is 14.2 Å². The molecule has 6 heteroatoms. The molecule has 1 amide bonds. The van der Waals surface area contributed by atoms with Gasteiger partial charge in [0, 0.05) is 44.2 Å². The van der Waals surface area contributed by atoms with Crippen LogP contribution in [0.5, 0.6) is 0 Å². The first-order chi connectivity index (χ1) is 11.0. The summed E-state index contributed by atoms with van der Waals surface area (Å²) in [6.07, 6.45) is 2.72. The number of benzene rings is 1. The van der Waals surface area contributed by atoms with Crippen molar-refractivity contribution in [1.82, 2.24) is 9.47 Å². The lowest BCUT2D eigenvalue weighted by atomic mass is 10.2. The molecule has 1 heterocycles. The van der Waals surface area contributed by atoms with E-state index in [1.165, 1.54) is 0 Å². The van der Waals surface area contributed by atoms with Crippen LogP contribution in [0.25, 0.3) is 0 Å². The second-order valence-electron chi connectivity index (χ2n) is 5.31. The summed E-state index contributed by atoms with van der Waals surface area (Å²) in [7, 11) is 3.61. The van der Waals surface area contributed by atoms with Gasteiger partial charge in [-0.1, -0.05) is 23.2 Å². The van der Waals surface area contributed by atoms with Gasteiger partial charge in [-0.3, -0.25) is 4.79 Å². The van der Waals surface area contributed by atoms with Crippen LogP contribution in [0, 0.1) is 0 Å². The molecule has 0 saturated heterocycles. The molecule has 0 aliphatic rings. The number of methoxy groups -OCH3 is 1. The minimum absolute atomic E-state index is 0.107. The van der Waals surface area contributed by atoms with Crippen molar-refractivity contribution < 1.29 is 9.53 Å². The average Bonchev–Trinajstić information content (AvgIpc) is 2.91. The predicted molar refractivity (Wildman–Crippen MR) is 93.1 cm³/mol. The molecule has 0 radical (unpaired) electrons. The molecule has 23 heavy (non-hydrogen) atoms. The third-order valence-corrected chi connectivity index (χ3v) is 4.18. The van der Waals surface area contributed by atoms with Gasteiger partial charge in [-0.25, -0.2) is 0 Å². The first kappa shape index (κ1) is 17.9. The number of carbonyl (C=O) groups is 1. The summed E-state index contributed by atoms with van der Waals surface area (Å²) in [6, 6.07) is 8.90. The number of hydrogen-bond donors (Lipinski definition) is 0. The van der Waals surface area contributed by atoms with Gasteiger partial charge in [-0.2, -0.15) is 0 Å². The fourth-order valence-electron chi connectivity index (χ4n) is 2.34. The van der Waals surface area contributed by atoms with E-state index in [-0.39, 0.29) is 5.91 Å². The number of amides is 1. The minimum atomic E-state index is -0.107. The summed E-state index contributed by atoms with van der Waals surface area (Å²) >= 11 is 12.1. The molecular weight excluding hydrogens is 335 g/mol. The number of halogens is 2. The van der Waals surface area contributed by atoms with Crippen LogP contribution in [-0.4, -0.2) is 35.6 Å². The van der Waals surface area contributed by atoms with Crippen LogP contribution in [0.2, 0.25) is 10.0 Å². The van der Waals surface area contributed by atoms with Crippen molar-refractivity contribution in [3.8, 4) is 0 Å². The van der Waals surface area contributed by atoms with Crippen LogP contribution in [0.4, 0.5) is 0 Å². The van der Waals surface area contributed by atoms with E-state index in [4.69, 9.17) is 27.9 Å². The summed E-state index contributed by atoms with van der Waals surface area (Å²) in [6.45, 7) is 1.72. The molecule has 0 saturated carbocycles. The van der Waals surface area contributed by atoms with Gasteiger partial charge in [0.1, 0.15) is 0 Å². The maximum Gasteiger partial charge on any atom is 0.255 e. The van der Waals surface area contributed by atoms with E-state index in [0.717, 1.165) is 12.1 Å². The molecule has 1 aromatic carbocycles. The highest BCUT2D eigenvalue weighted by molar-refractivity contribution is 6.36. The van der Waals surface area contributed by atoms with Crippen molar-refractivity contribution in [2.24, 2.45) is 7.05 Å². The van der Waals surface area contributed by atoms with Crippen LogP contribution in [-0.2, 0) is 18.3 Å². The molecular formula is C17H20Cl2N2O2. The lowest BCUT2D eigenvalue weighted by molar-refractivity contribution is 0.0720. The Balaban J connectivity index is 2.21. The maximum atomic E-state index is 12.9. The van der Waals surface area contributed by atoms with Crippen LogP contribution < -0.4 is 0 Å². The Kier molecular flexibility index (Phi) is 6.51. The van der Waals surface area contributed by atoms with E-state index in [9.17, 15) is 4.79 Å². The second-order valence-corrected chi connectivity index (χ2v) is 6.15. The molecule has 1 aromatic heterocycles. The molecule has 0 unspecified atom stereocenters. The molecule has 0 N–H and O–H groups in total. The van der Waals surface area contributed by atoms with Gasteiger partial charge in [-0.05, 0) is 36.8 Å². The molecule has 0 aliphatic carbocycles. The zero-order valence-corrected chi connectivity index (χ0v) is 14.8. The Morgan fingerprint density at radius 1 is 1.30 bits per heavy atom. The summed E-state index contributed by atoms with van der Waals surface area (Å²) in [5, 5.41) is 0.881. The Morgan fingerprint density at radius 2 is 2.09 bits per heavy atom. The number of nitrogens with zero attached hydrogens (tertiary/aromatic N) is 2. The van der Waals surface area contributed by atoms with E-state index in [2.05, 4.69) is 0 Å². The van der Waals surface area contributed by atoms with Crippen molar-refractivity contribution in [3.63, 3.8) is 0 Å². The highest BCUT2D eigenvalue weighted by Gasteiger charge is 2.19. The summed E-state index contributed by atoms with van der Waals surface area (Å²) in [5.41, 5.74) is 1.52. The summed E-state index contributed by atoms with van der Waals surface area (Å²) in [5.74, 6) is -0.107. The number of aromatic nitrogens is 1. The number of aryl methyl sites for hydroxylation is 1. The van der Waals surface area contributed by atoms with E-state index in [0.29, 0.717) is 35.3 Å². The van der Waals surface area contributed by atoms with Crippen LogP contribution in [0.1, 0.15) is 22.5 Å². The van der Waals surface area contributed by atoms with Crippen LogP contribution in [0.15, 0.2) is 36.5 Å². The van der Waals surface area contributed by atoms with Crippen LogP contribution in [0.3, 0.4) is 0 Å². The monoisotopic (exact) mass is 354 g/mol. The van der Waals surface area contributed by atoms with Gasteiger partial charge in [0.25, 0.3) is 5.91 Å². The van der Waals surface area contributed by atoms with Gasteiger partial charge in [0.05, 0.1) is 17.1 Å². The molecule has 2 rings (SSSR count). The van der Waals surface area contributed by atoms with Gasteiger partial charge in [-0.15, -0.1) is 0 Å².